The zero-order valence-corrected chi connectivity index (χ0v) is 10.1. The Morgan fingerprint density at radius 2 is 2.41 bits per heavy atom. The smallest absolute Gasteiger partial charge is 0.187 e. The molecule has 2 atom stereocenters. The van der Waals surface area contributed by atoms with E-state index in [1.807, 2.05) is 0 Å². The first-order valence-electron chi connectivity index (χ1n) is 6.14. The van der Waals surface area contributed by atoms with Gasteiger partial charge in [0.15, 0.2) is 5.79 Å². The summed E-state index contributed by atoms with van der Waals surface area (Å²) in [5.41, 5.74) is 0. The molecular weight excluding hydrogens is 222 g/mol. The Kier molecular flexibility index (Phi) is 3.94. The molecule has 1 heterocycles. The molecule has 1 aliphatic carbocycles. The molecule has 2 nitrogen and oxygen atoms in total. The van der Waals surface area contributed by atoms with Gasteiger partial charge in [-0.15, -0.1) is 0 Å². The zero-order valence-electron chi connectivity index (χ0n) is 10.1. The average Bonchev–Trinajstić information content (AvgIpc) is 2.70. The number of alkyl halides is 1. The van der Waals surface area contributed by atoms with Gasteiger partial charge in [0.1, 0.15) is 5.83 Å². The summed E-state index contributed by atoms with van der Waals surface area (Å²) in [6, 6.07) is 0.547. The fourth-order valence-electron chi connectivity index (χ4n) is 2.41. The van der Waals surface area contributed by atoms with E-state index in [0.717, 1.165) is 25.1 Å². The molecule has 0 saturated carbocycles. The van der Waals surface area contributed by atoms with Gasteiger partial charge >= 0.3 is 0 Å². The standard InChI is InChI=1S/C13H19F2N2/c1-17-10-2-3-12(17)6-9-16-13(15)7-4-11(14)5-8-13/h4-5,7-8,12,16H,2-3,6,9-10H2,1H3. The van der Waals surface area contributed by atoms with Crippen LogP contribution in [0.25, 0.3) is 0 Å². The van der Waals surface area contributed by atoms with Crippen LogP contribution >= 0.6 is 0 Å². The van der Waals surface area contributed by atoms with E-state index >= 15 is 0 Å². The third kappa shape index (κ3) is 3.36. The van der Waals surface area contributed by atoms with E-state index in [2.05, 4.69) is 17.3 Å². The molecule has 0 aromatic rings. The van der Waals surface area contributed by atoms with E-state index in [-0.39, 0.29) is 0 Å². The lowest BCUT2D eigenvalue weighted by Crippen LogP contribution is -2.42. The number of hydrogen-bond acceptors (Lipinski definition) is 2. The first-order chi connectivity index (χ1) is 8.09. The van der Waals surface area contributed by atoms with Gasteiger partial charge in [-0.2, -0.15) is 0 Å². The van der Waals surface area contributed by atoms with Crippen molar-refractivity contribution in [2.45, 2.75) is 31.1 Å². The number of rotatable bonds is 4. The lowest BCUT2D eigenvalue weighted by molar-refractivity contribution is 0.207. The van der Waals surface area contributed by atoms with Crippen molar-refractivity contribution in [2.24, 2.45) is 0 Å². The quantitative estimate of drug-likeness (QED) is 0.760. The van der Waals surface area contributed by atoms with Gasteiger partial charge in [-0.3, -0.25) is 5.32 Å². The maximum absolute atomic E-state index is 14.0. The first kappa shape index (κ1) is 12.7. The van der Waals surface area contributed by atoms with Crippen LogP contribution in [0.1, 0.15) is 19.3 Å². The van der Waals surface area contributed by atoms with Crippen molar-refractivity contribution in [3.05, 3.63) is 30.5 Å². The summed E-state index contributed by atoms with van der Waals surface area (Å²) in [6.07, 6.45) is 8.11. The SMILES string of the molecule is CN1CCCC1CCNC1(F)[CH]C=C(F)C=C1. The zero-order chi connectivity index (χ0) is 12.3. The fraction of sp³-hybridized carbons (Fsp3) is 0.615. The van der Waals surface area contributed by atoms with Gasteiger partial charge < -0.3 is 4.90 Å². The molecule has 1 radical (unpaired) electrons. The van der Waals surface area contributed by atoms with Gasteiger partial charge in [0.25, 0.3) is 0 Å². The van der Waals surface area contributed by atoms with Crippen LogP contribution in [0.15, 0.2) is 24.1 Å². The van der Waals surface area contributed by atoms with Gasteiger partial charge in [0.05, 0.1) is 0 Å². The van der Waals surface area contributed by atoms with Crippen LogP contribution in [0.3, 0.4) is 0 Å². The van der Waals surface area contributed by atoms with Gasteiger partial charge in [0, 0.05) is 12.5 Å². The highest BCUT2D eigenvalue weighted by molar-refractivity contribution is 5.29. The number of nitrogens with zero attached hydrogens (tertiary/aromatic N) is 1. The van der Waals surface area contributed by atoms with E-state index in [0.29, 0.717) is 12.6 Å². The van der Waals surface area contributed by atoms with Gasteiger partial charge in [-0.1, -0.05) is 0 Å². The summed E-state index contributed by atoms with van der Waals surface area (Å²) in [5, 5.41) is 2.82. The van der Waals surface area contributed by atoms with Gasteiger partial charge in [0.2, 0.25) is 0 Å². The van der Waals surface area contributed by atoms with E-state index in [1.165, 1.54) is 25.3 Å². The number of likely N-dealkylation sites (tertiary alicyclic amines) is 1. The summed E-state index contributed by atoms with van der Waals surface area (Å²) >= 11 is 0. The number of nitrogens with one attached hydrogen (secondary N) is 1. The van der Waals surface area contributed by atoms with E-state index in [1.54, 1.807) is 0 Å². The molecule has 17 heavy (non-hydrogen) atoms. The van der Waals surface area contributed by atoms with Crippen molar-refractivity contribution in [3.8, 4) is 0 Å². The van der Waals surface area contributed by atoms with Crippen molar-refractivity contribution in [3.63, 3.8) is 0 Å². The highest BCUT2D eigenvalue weighted by Gasteiger charge is 2.28. The molecule has 95 valence electrons. The van der Waals surface area contributed by atoms with Crippen LogP contribution in [0.5, 0.6) is 0 Å². The Morgan fingerprint density at radius 1 is 1.59 bits per heavy atom. The minimum Gasteiger partial charge on any atom is -0.303 e. The van der Waals surface area contributed by atoms with E-state index in [9.17, 15) is 8.78 Å². The second kappa shape index (κ2) is 5.27. The van der Waals surface area contributed by atoms with Crippen LogP contribution in [0, 0.1) is 6.42 Å². The minimum absolute atomic E-state index is 0.407. The van der Waals surface area contributed by atoms with Gasteiger partial charge in [-0.05, 0) is 57.6 Å². The molecule has 2 aliphatic rings. The summed E-state index contributed by atoms with van der Waals surface area (Å²) in [4.78, 5) is 2.31. The highest BCUT2D eigenvalue weighted by atomic mass is 19.1. The normalized spacial score (nSPS) is 34.1. The summed E-state index contributed by atoms with van der Waals surface area (Å²) in [6.45, 7) is 1.73. The molecule has 1 N–H and O–H groups in total. The molecule has 0 spiro atoms. The minimum atomic E-state index is -1.69. The Hall–Kier alpha value is -0.740. The lowest BCUT2D eigenvalue weighted by atomic mass is 10.0. The first-order valence-corrected chi connectivity index (χ1v) is 6.14. The van der Waals surface area contributed by atoms with Gasteiger partial charge in [-0.25, -0.2) is 8.78 Å². The second-order valence-electron chi connectivity index (χ2n) is 4.81. The summed E-state index contributed by atoms with van der Waals surface area (Å²) in [7, 11) is 2.10. The van der Waals surface area contributed by atoms with Crippen molar-refractivity contribution >= 4 is 0 Å². The van der Waals surface area contributed by atoms with Crippen LogP contribution in [-0.4, -0.2) is 36.9 Å². The average molecular weight is 241 g/mol. The van der Waals surface area contributed by atoms with Crippen molar-refractivity contribution < 1.29 is 8.78 Å². The van der Waals surface area contributed by atoms with Crippen molar-refractivity contribution in [1.82, 2.24) is 10.2 Å². The Labute approximate surface area is 101 Å². The Morgan fingerprint density at radius 3 is 3.00 bits per heavy atom. The lowest BCUT2D eigenvalue weighted by Gasteiger charge is -2.26. The van der Waals surface area contributed by atoms with Crippen LogP contribution in [0.2, 0.25) is 0 Å². The number of hydrogen-bond donors (Lipinski definition) is 1. The molecule has 1 fully saturated rings. The number of allylic oxidation sites excluding steroid dienone is 2. The molecule has 2 rings (SSSR count). The molecule has 4 heteroatoms. The molecule has 0 amide bonds. The van der Waals surface area contributed by atoms with Crippen LogP contribution in [-0.2, 0) is 0 Å². The highest BCUT2D eigenvalue weighted by Crippen LogP contribution is 2.23. The van der Waals surface area contributed by atoms with Crippen molar-refractivity contribution in [1.29, 1.82) is 0 Å². The molecule has 1 saturated heterocycles. The van der Waals surface area contributed by atoms with E-state index in [4.69, 9.17) is 0 Å². The predicted molar refractivity (Wildman–Crippen MR) is 64.7 cm³/mol. The third-order valence-electron chi connectivity index (χ3n) is 3.52. The molecule has 0 aromatic heterocycles. The van der Waals surface area contributed by atoms with Crippen molar-refractivity contribution in [2.75, 3.05) is 20.1 Å². The molecule has 1 aliphatic heterocycles. The molecule has 2 unspecified atom stereocenters. The largest absolute Gasteiger partial charge is 0.303 e. The maximum Gasteiger partial charge on any atom is 0.187 e. The molecular formula is C13H19F2N2. The third-order valence-corrected chi connectivity index (χ3v) is 3.52. The second-order valence-corrected chi connectivity index (χ2v) is 4.81. The monoisotopic (exact) mass is 241 g/mol. The number of halogens is 2. The summed E-state index contributed by atoms with van der Waals surface area (Å²) in [5.74, 6) is -2.09. The predicted octanol–water partition coefficient (Wildman–Crippen LogP) is 2.35. The Bertz CT molecular complexity index is 327. The topological polar surface area (TPSA) is 15.3 Å². The summed E-state index contributed by atoms with van der Waals surface area (Å²) < 4.78 is 26.7. The Balaban J connectivity index is 1.73. The maximum atomic E-state index is 14.0. The van der Waals surface area contributed by atoms with Crippen LogP contribution in [0.4, 0.5) is 8.78 Å². The molecule has 0 bridgehead atoms. The van der Waals surface area contributed by atoms with E-state index < -0.39 is 11.6 Å². The molecule has 0 aromatic carbocycles. The fourth-order valence-corrected chi connectivity index (χ4v) is 2.41. The van der Waals surface area contributed by atoms with Crippen LogP contribution < -0.4 is 5.32 Å².